The molecule has 0 spiro atoms. The first-order valence-electron chi connectivity index (χ1n) is 5.67. The molecule has 5 heteroatoms. The number of unbranched alkanes of at least 4 members (excludes halogenated alkanes) is 1. The molecule has 0 aliphatic carbocycles. The van der Waals surface area contributed by atoms with Gasteiger partial charge in [-0.05, 0) is 19.4 Å². The molecular formula is C11H21NO4. The van der Waals surface area contributed by atoms with Gasteiger partial charge in [0, 0.05) is 33.7 Å². The third-order valence-electron chi connectivity index (χ3n) is 3.01. The van der Waals surface area contributed by atoms with Gasteiger partial charge in [0.25, 0.3) is 0 Å². The number of rotatable bonds is 7. The van der Waals surface area contributed by atoms with Gasteiger partial charge in [-0.1, -0.05) is 0 Å². The van der Waals surface area contributed by atoms with Crippen LogP contribution in [0, 0.1) is 0 Å². The molecule has 1 fully saturated rings. The number of hydrogen-bond donors (Lipinski definition) is 1. The van der Waals surface area contributed by atoms with Crippen molar-refractivity contribution in [1.82, 2.24) is 4.90 Å². The van der Waals surface area contributed by atoms with Gasteiger partial charge in [-0.2, -0.15) is 0 Å². The Kier molecular flexibility index (Phi) is 5.73. The highest BCUT2D eigenvalue weighted by molar-refractivity contribution is 5.66. The molecule has 1 aliphatic heterocycles. The lowest BCUT2D eigenvalue weighted by Crippen LogP contribution is -2.27. The fourth-order valence-corrected chi connectivity index (χ4v) is 2.07. The van der Waals surface area contributed by atoms with Crippen LogP contribution in [0.25, 0.3) is 0 Å². The van der Waals surface area contributed by atoms with E-state index in [1.54, 1.807) is 14.2 Å². The van der Waals surface area contributed by atoms with E-state index < -0.39 is 5.97 Å². The molecule has 0 saturated carbocycles. The van der Waals surface area contributed by atoms with Crippen LogP contribution in [0.15, 0.2) is 0 Å². The fraction of sp³-hybridized carbons (Fsp3) is 0.909. The summed E-state index contributed by atoms with van der Waals surface area (Å²) in [5.41, 5.74) is 0. The molecule has 94 valence electrons. The first-order valence-corrected chi connectivity index (χ1v) is 5.67. The second-order valence-electron chi connectivity index (χ2n) is 4.16. The molecule has 1 heterocycles. The Labute approximate surface area is 96.3 Å². The maximum Gasteiger partial charge on any atom is 0.303 e. The minimum absolute atomic E-state index is 0.143. The van der Waals surface area contributed by atoms with Crippen LogP contribution in [0.5, 0.6) is 0 Å². The van der Waals surface area contributed by atoms with E-state index in [1.807, 2.05) is 0 Å². The summed E-state index contributed by atoms with van der Waals surface area (Å²) in [6, 6.07) is 0. The lowest BCUT2D eigenvalue weighted by Gasteiger charge is -2.14. The summed E-state index contributed by atoms with van der Waals surface area (Å²) in [6.45, 7) is 2.68. The van der Waals surface area contributed by atoms with Crippen LogP contribution in [-0.2, 0) is 14.3 Å². The van der Waals surface area contributed by atoms with Crippen molar-refractivity contribution in [1.29, 1.82) is 0 Å². The average Bonchev–Trinajstić information content (AvgIpc) is 2.66. The number of ether oxygens (including phenoxy) is 2. The topological polar surface area (TPSA) is 59.0 Å². The van der Waals surface area contributed by atoms with Gasteiger partial charge in [-0.3, -0.25) is 9.69 Å². The first-order chi connectivity index (χ1) is 7.67. The molecular weight excluding hydrogens is 210 g/mol. The van der Waals surface area contributed by atoms with Crippen LogP contribution in [0.3, 0.4) is 0 Å². The number of hydrogen-bond acceptors (Lipinski definition) is 4. The highest BCUT2D eigenvalue weighted by Crippen LogP contribution is 2.16. The number of nitrogens with zero attached hydrogens (tertiary/aromatic N) is 1. The Balaban J connectivity index is 2.17. The second-order valence-corrected chi connectivity index (χ2v) is 4.16. The lowest BCUT2D eigenvalue weighted by molar-refractivity contribution is -0.137. The Morgan fingerprint density at radius 1 is 1.25 bits per heavy atom. The quantitative estimate of drug-likeness (QED) is 0.650. The molecule has 1 saturated heterocycles. The molecule has 1 aliphatic rings. The Bertz CT molecular complexity index is 210. The number of carboxylic acid groups (broad SMARTS) is 1. The van der Waals surface area contributed by atoms with Crippen LogP contribution < -0.4 is 0 Å². The average molecular weight is 231 g/mol. The van der Waals surface area contributed by atoms with Gasteiger partial charge >= 0.3 is 5.97 Å². The van der Waals surface area contributed by atoms with Crippen molar-refractivity contribution < 1.29 is 19.4 Å². The molecule has 0 aromatic heterocycles. The summed E-state index contributed by atoms with van der Waals surface area (Å²) < 4.78 is 10.7. The number of carboxylic acids is 1. The van der Waals surface area contributed by atoms with Crippen molar-refractivity contribution in [3.8, 4) is 0 Å². The predicted molar refractivity (Wildman–Crippen MR) is 59.5 cm³/mol. The first kappa shape index (κ1) is 13.4. The molecule has 2 atom stereocenters. The Hall–Kier alpha value is -0.650. The Morgan fingerprint density at radius 2 is 1.81 bits per heavy atom. The summed E-state index contributed by atoms with van der Waals surface area (Å²) >= 11 is 0. The molecule has 0 amide bonds. The van der Waals surface area contributed by atoms with Crippen molar-refractivity contribution in [3.63, 3.8) is 0 Å². The van der Waals surface area contributed by atoms with Crippen LogP contribution in [-0.4, -0.2) is 62.0 Å². The summed E-state index contributed by atoms with van der Waals surface area (Å²) in [7, 11) is 3.40. The number of carbonyl (C=O) groups is 1. The highest BCUT2D eigenvalue weighted by atomic mass is 16.5. The fourth-order valence-electron chi connectivity index (χ4n) is 2.07. The van der Waals surface area contributed by atoms with E-state index in [0.717, 1.165) is 32.5 Å². The van der Waals surface area contributed by atoms with E-state index in [0.29, 0.717) is 0 Å². The molecule has 1 rings (SSSR count). The van der Waals surface area contributed by atoms with Crippen molar-refractivity contribution in [2.45, 2.75) is 31.5 Å². The van der Waals surface area contributed by atoms with E-state index in [-0.39, 0.29) is 18.6 Å². The summed E-state index contributed by atoms with van der Waals surface area (Å²) in [6.07, 6.45) is 2.20. The van der Waals surface area contributed by atoms with E-state index in [9.17, 15) is 4.79 Å². The molecule has 0 radical (unpaired) electrons. The SMILES string of the molecule is COC1CN(CCCCC(=O)O)CC1OC. The standard InChI is InChI=1S/C11H21NO4/c1-15-9-7-12(8-10(9)16-2)6-4-3-5-11(13)14/h9-10H,3-8H2,1-2H3,(H,13,14). The largest absolute Gasteiger partial charge is 0.481 e. The van der Waals surface area contributed by atoms with Crippen molar-refractivity contribution >= 4 is 5.97 Å². The number of likely N-dealkylation sites (tertiary alicyclic amines) is 1. The molecule has 5 nitrogen and oxygen atoms in total. The van der Waals surface area contributed by atoms with Crippen LogP contribution >= 0.6 is 0 Å². The maximum absolute atomic E-state index is 10.3. The molecule has 1 N–H and O–H groups in total. The van der Waals surface area contributed by atoms with Gasteiger partial charge in [0.05, 0.1) is 12.2 Å². The third kappa shape index (κ3) is 4.08. The predicted octanol–water partition coefficient (Wildman–Crippen LogP) is 0.587. The van der Waals surface area contributed by atoms with E-state index >= 15 is 0 Å². The van der Waals surface area contributed by atoms with Gasteiger partial charge in [0.1, 0.15) is 0 Å². The second kappa shape index (κ2) is 6.83. The van der Waals surface area contributed by atoms with Crippen molar-refractivity contribution in [2.24, 2.45) is 0 Å². The normalized spacial score (nSPS) is 26.1. The van der Waals surface area contributed by atoms with E-state index in [4.69, 9.17) is 14.6 Å². The number of aliphatic carboxylic acids is 1. The van der Waals surface area contributed by atoms with Crippen molar-refractivity contribution in [3.05, 3.63) is 0 Å². The van der Waals surface area contributed by atoms with Crippen LogP contribution in [0.2, 0.25) is 0 Å². The maximum atomic E-state index is 10.3. The van der Waals surface area contributed by atoms with E-state index in [2.05, 4.69) is 4.90 Å². The van der Waals surface area contributed by atoms with Gasteiger partial charge in [-0.25, -0.2) is 0 Å². The van der Waals surface area contributed by atoms with E-state index in [1.165, 1.54) is 0 Å². The zero-order valence-electron chi connectivity index (χ0n) is 10.0. The van der Waals surface area contributed by atoms with Crippen LogP contribution in [0.4, 0.5) is 0 Å². The van der Waals surface area contributed by atoms with Crippen LogP contribution in [0.1, 0.15) is 19.3 Å². The molecule has 0 aromatic carbocycles. The molecule has 0 bridgehead atoms. The summed E-state index contributed by atoms with van der Waals surface area (Å²) in [5.74, 6) is -0.717. The zero-order valence-corrected chi connectivity index (χ0v) is 10.0. The monoisotopic (exact) mass is 231 g/mol. The van der Waals surface area contributed by atoms with Gasteiger partial charge in [0.15, 0.2) is 0 Å². The lowest BCUT2D eigenvalue weighted by atomic mass is 10.2. The summed E-state index contributed by atoms with van der Waals surface area (Å²) in [4.78, 5) is 12.6. The highest BCUT2D eigenvalue weighted by Gasteiger charge is 2.32. The minimum atomic E-state index is -0.717. The van der Waals surface area contributed by atoms with Gasteiger partial charge in [0.2, 0.25) is 0 Å². The minimum Gasteiger partial charge on any atom is -0.481 e. The Morgan fingerprint density at radius 3 is 2.25 bits per heavy atom. The smallest absolute Gasteiger partial charge is 0.303 e. The molecule has 0 aromatic rings. The number of methoxy groups -OCH3 is 2. The molecule has 2 unspecified atom stereocenters. The third-order valence-corrected chi connectivity index (χ3v) is 3.01. The van der Waals surface area contributed by atoms with Gasteiger partial charge < -0.3 is 14.6 Å². The van der Waals surface area contributed by atoms with Crippen molar-refractivity contribution in [2.75, 3.05) is 33.9 Å². The summed E-state index contributed by atoms with van der Waals surface area (Å²) in [5, 5.41) is 8.51. The molecule has 16 heavy (non-hydrogen) atoms. The van der Waals surface area contributed by atoms with Gasteiger partial charge in [-0.15, -0.1) is 0 Å². The zero-order chi connectivity index (χ0) is 12.0.